The second-order valence-corrected chi connectivity index (χ2v) is 5.66. The molecule has 0 heterocycles. The molecule has 0 saturated heterocycles. The van der Waals surface area contributed by atoms with Gasteiger partial charge in [0.2, 0.25) is 5.91 Å². The van der Waals surface area contributed by atoms with Crippen LogP contribution in [0.25, 0.3) is 0 Å². The Balaban J connectivity index is 2.13. The predicted molar refractivity (Wildman–Crippen MR) is 87.0 cm³/mol. The van der Waals surface area contributed by atoms with Crippen LogP contribution < -0.4 is 5.32 Å². The van der Waals surface area contributed by atoms with E-state index >= 15 is 0 Å². The lowest BCUT2D eigenvalue weighted by molar-refractivity contribution is -0.123. The molecule has 0 saturated carbocycles. The third-order valence-corrected chi connectivity index (χ3v) is 3.90. The largest absolute Gasteiger partial charge is 0.349 e. The van der Waals surface area contributed by atoms with E-state index in [-0.39, 0.29) is 17.9 Å². The average Bonchev–Trinajstić information content (AvgIpc) is 2.55. The molecule has 0 aliphatic rings. The highest BCUT2D eigenvalue weighted by molar-refractivity contribution is 5.84. The first kappa shape index (κ1) is 17.1. The van der Waals surface area contributed by atoms with Crippen LogP contribution in [0, 0.1) is 11.6 Å². The smallest absolute Gasteiger partial charge is 0.228 e. The second kappa shape index (κ2) is 7.86. The molecule has 122 valence electrons. The zero-order valence-corrected chi connectivity index (χ0v) is 13.4. The summed E-state index contributed by atoms with van der Waals surface area (Å²) in [7, 11) is 0. The first-order valence-corrected chi connectivity index (χ1v) is 7.83. The zero-order chi connectivity index (χ0) is 16.8. The van der Waals surface area contributed by atoms with Gasteiger partial charge in [-0.1, -0.05) is 49.7 Å². The molecule has 2 atom stereocenters. The first-order valence-electron chi connectivity index (χ1n) is 7.83. The van der Waals surface area contributed by atoms with Crippen LogP contribution in [0.1, 0.15) is 49.8 Å². The Bertz CT molecular complexity index is 658. The second-order valence-electron chi connectivity index (χ2n) is 5.66. The van der Waals surface area contributed by atoms with Gasteiger partial charge in [0.25, 0.3) is 0 Å². The summed E-state index contributed by atoms with van der Waals surface area (Å²) in [6, 6.07) is 12.9. The van der Waals surface area contributed by atoms with Gasteiger partial charge in [-0.3, -0.25) is 4.79 Å². The van der Waals surface area contributed by atoms with Gasteiger partial charge in [0, 0.05) is 0 Å². The molecular weight excluding hydrogens is 296 g/mol. The van der Waals surface area contributed by atoms with E-state index in [0.717, 1.165) is 30.5 Å². The topological polar surface area (TPSA) is 29.1 Å². The van der Waals surface area contributed by atoms with Gasteiger partial charge >= 0.3 is 0 Å². The van der Waals surface area contributed by atoms with Crippen LogP contribution in [0.3, 0.4) is 0 Å². The maximum Gasteiger partial charge on any atom is 0.228 e. The van der Waals surface area contributed by atoms with Crippen molar-refractivity contribution in [3.63, 3.8) is 0 Å². The van der Waals surface area contributed by atoms with Crippen LogP contribution >= 0.6 is 0 Å². The molecule has 0 radical (unpaired) electrons. The zero-order valence-electron chi connectivity index (χ0n) is 13.4. The minimum absolute atomic E-state index is 0.102. The number of hydrogen-bond acceptors (Lipinski definition) is 1. The van der Waals surface area contributed by atoms with Crippen molar-refractivity contribution >= 4 is 5.91 Å². The van der Waals surface area contributed by atoms with Gasteiger partial charge in [-0.2, -0.15) is 0 Å². The van der Waals surface area contributed by atoms with Crippen LogP contribution in [0.5, 0.6) is 0 Å². The summed E-state index contributed by atoms with van der Waals surface area (Å²) >= 11 is 0. The van der Waals surface area contributed by atoms with Gasteiger partial charge in [0.15, 0.2) is 11.6 Å². The highest BCUT2D eigenvalue weighted by atomic mass is 19.2. The van der Waals surface area contributed by atoms with Crippen LogP contribution in [-0.2, 0) is 4.79 Å². The quantitative estimate of drug-likeness (QED) is 0.820. The minimum atomic E-state index is -0.906. The molecule has 2 rings (SSSR count). The predicted octanol–water partition coefficient (Wildman–Crippen LogP) is 4.73. The van der Waals surface area contributed by atoms with Gasteiger partial charge in [0.1, 0.15) is 0 Å². The molecule has 23 heavy (non-hydrogen) atoms. The average molecular weight is 317 g/mol. The van der Waals surface area contributed by atoms with Crippen molar-refractivity contribution in [3.05, 3.63) is 71.3 Å². The van der Waals surface area contributed by atoms with Crippen molar-refractivity contribution in [1.29, 1.82) is 0 Å². The summed E-state index contributed by atoms with van der Waals surface area (Å²) in [5.41, 5.74) is 1.50. The van der Waals surface area contributed by atoms with Crippen molar-refractivity contribution in [1.82, 2.24) is 5.32 Å². The Hall–Kier alpha value is -2.23. The number of carbonyl (C=O) groups is 1. The molecule has 2 aromatic rings. The highest BCUT2D eigenvalue weighted by Crippen LogP contribution is 2.23. The fourth-order valence-electron chi connectivity index (χ4n) is 2.60. The number of carbonyl (C=O) groups excluding carboxylic acids is 1. The van der Waals surface area contributed by atoms with Gasteiger partial charge in [0.05, 0.1) is 12.0 Å². The Morgan fingerprint density at radius 1 is 1.04 bits per heavy atom. The lowest BCUT2D eigenvalue weighted by atomic mass is 9.93. The van der Waals surface area contributed by atoms with Gasteiger partial charge < -0.3 is 5.32 Å². The highest BCUT2D eigenvalue weighted by Gasteiger charge is 2.21. The summed E-state index contributed by atoms with van der Waals surface area (Å²) in [6.07, 6.45) is 1.62. The summed E-state index contributed by atoms with van der Waals surface area (Å²) in [5.74, 6) is -2.14. The molecule has 0 aliphatic heterocycles. The molecule has 4 heteroatoms. The van der Waals surface area contributed by atoms with E-state index in [2.05, 4.69) is 5.32 Å². The molecule has 0 spiro atoms. The molecule has 0 aliphatic carbocycles. The Labute approximate surface area is 135 Å². The fraction of sp³-hybridized carbons (Fsp3) is 0.316. The number of nitrogens with one attached hydrogen (secondary N) is 1. The number of rotatable bonds is 6. The standard InChI is InChI=1S/C19H21F2NO/c1-3-7-16(14-8-5-4-6-9-14)19(23)22-13(2)15-10-11-17(20)18(21)12-15/h4-6,8-13,16H,3,7H2,1-2H3,(H,22,23). The summed E-state index contributed by atoms with van der Waals surface area (Å²) < 4.78 is 26.3. The lowest BCUT2D eigenvalue weighted by Gasteiger charge is -2.21. The van der Waals surface area contributed by atoms with Crippen molar-refractivity contribution in [2.24, 2.45) is 0 Å². The summed E-state index contributed by atoms with van der Waals surface area (Å²) in [6.45, 7) is 3.79. The number of amides is 1. The molecular formula is C19H21F2NO. The first-order chi connectivity index (χ1) is 11.0. The SMILES string of the molecule is CCCC(C(=O)NC(C)c1ccc(F)c(F)c1)c1ccccc1. The molecule has 2 unspecified atom stereocenters. The minimum Gasteiger partial charge on any atom is -0.349 e. The van der Waals surface area contributed by atoms with Crippen molar-refractivity contribution in [2.75, 3.05) is 0 Å². The molecule has 2 aromatic carbocycles. The molecule has 0 fully saturated rings. The fourth-order valence-corrected chi connectivity index (χ4v) is 2.60. The van der Waals surface area contributed by atoms with E-state index in [1.807, 2.05) is 37.3 Å². The third kappa shape index (κ3) is 4.38. The van der Waals surface area contributed by atoms with Crippen molar-refractivity contribution in [2.45, 2.75) is 38.6 Å². The maximum absolute atomic E-state index is 13.3. The third-order valence-electron chi connectivity index (χ3n) is 3.90. The Morgan fingerprint density at radius 3 is 2.35 bits per heavy atom. The van der Waals surface area contributed by atoms with Crippen molar-refractivity contribution < 1.29 is 13.6 Å². The van der Waals surface area contributed by atoms with E-state index in [9.17, 15) is 13.6 Å². The van der Waals surface area contributed by atoms with Crippen LogP contribution in [0.2, 0.25) is 0 Å². The van der Waals surface area contributed by atoms with Gasteiger partial charge in [-0.05, 0) is 36.6 Å². The summed E-state index contributed by atoms with van der Waals surface area (Å²) in [4.78, 5) is 12.6. The Morgan fingerprint density at radius 2 is 1.74 bits per heavy atom. The van der Waals surface area contributed by atoms with E-state index in [1.165, 1.54) is 6.07 Å². The molecule has 2 nitrogen and oxygen atoms in total. The normalized spacial score (nSPS) is 13.4. The monoisotopic (exact) mass is 317 g/mol. The molecule has 1 amide bonds. The Kier molecular flexibility index (Phi) is 5.85. The van der Waals surface area contributed by atoms with Gasteiger partial charge in [-0.25, -0.2) is 8.78 Å². The van der Waals surface area contributed by atoms with E-state index in [0.29, 0.717) is 5.56 Å². The van der Waals surface area contributed by atoms with Crippen LogP contribution in [0.4, 0.5) is 8.78 Å². The van der Waals surface area contributed by atoms with Crippen molar-refractivity contribution in [3.8, 4) is 0 Å². The van der Waals surface area contributed by atoms with Crippen LogP contribution in [-0.4, -0.2) is 5.91 Å². The lowest BCUT2D eigenvalue weighted by Crippen LogP contribution is -2.31. The van der Waals surface area contributed by atoms with E-state index < -0.39 is 11.6 Å². The maximum atomic E-state index is 13.3. The number of benzene rings is 2. The number of hydrogen-bond donors (Lipinski definition) is 1. The van der Waals surface area contributed by atoms with Crippen LogP contribution in [0.15, 0.2) is 48.5 Å². The molecule has 0 bridgehead atoms. The summed E-state index contributed by atoms with van der Waals surface area (Å²) in [5, 5.41) is 2.90. The van der Waals surface area contributed by atoms with E-state index in [1.54, 1.807) is 6.92 Å². The molecule has 0 aromatic heterocycles. The molecule has 1 N–H and O–H groups in total. The van der Waals surface area contributed by atoms with Gasteiger partial charge in [-0.15, -0.1) is 0 Å². The van der Waals surface area contributed by atoms with E-state index in [4.69, 9.17) is 0 Å². The number of halogens is 2.